The highest BCUT2D eigenvalue weighted by molar-refractivity contribution is 7.10. The maximum Gasteiger partial charge on any atom is 0.0609 e. The van der Waals surface area contributed by atoms with Crippen molar-refractivity contribution >= 4 is 11.3 Å². The summed E-state index contributed by atoms with van der Waals surface area (Å²) in [4.78, 5) is 1.43. The van der Waals surface area contributed by atoms with Crippen LogP contribution in [0.2, 0.25) is 0 Å². The molecule has 3 atom stereocenters. The first-order chi connectivity index (χ1) is 9.46. The predicted octanol–water partition coefficient (Wildman–Crippen LogP) is 4.25. The Bertz CT molecular complexity index is 491. The highest BCUT2D eigenvalue weighted by Crippen LogP contribution is 2.72. The zero-order chi connectivity index (χ0) is 14.0. The van der Waals surface area contributed by atoms with Gasteiger partial charge < -0.3 is 0 Å². The summed E-state index contributed by atoms with van der Waals surface area (Å²) in [5.74, 6) is 6.96. The molecule has 4 saturated carbocycles. The van der Waals surface area contributed by atoms with Crippen LogP contribution in [0.15, 0.2) is 17.5 Å². The molecule has 5 rings (SSSR count). The van der Waals surface area contributed by atoms with Crippen molar-refractivity contribution < 1.29 is 0 Å². The van der Waals surface area contributed by atoms with Crippen molar-refractivity contribution in [2.75, 3.05) is 0 Å². The molecule has 0 aliphatic heterocycles. The topological polar surface area (TPSA) is 38.0 Å². The number of hydrogen-bond acceptors (Lipinski definition) is 3. The van der Waals surface area contributed by atoms with Crippen LogP contribution in [0.5, 0.6) is 0 Å². The quantitative estimate of drug-likeness (QED) is 0.645. The van der Waals surface area contributed by atoms with Crippen molar-refractivity contribution in [1.82, 2.24) is 5.43 Å². The Morgan fingerprint density at radius 3 is 2.40 bits per heavy atom. The molecule has 1 heterocycles. The van der Waals surface area contributed by atoms with E-state index in [4.69, 9.17) is 5.84 Å². The van der Waals surface area contributed by atoms with E-state index in [1.54, 1.807) is 0 Å². The summed E-state index contributed by atoms with van der Waals surface area (Å²) in [6.45, 7) is 5.07. The third-order valence-corrected chi connectivity index (χ3v) is 7.21. The summed E-state index contributed by atoms with van der Waals surface area (Å²) in [7, 11) is 0. The van der Waals surface area contributed by atoms with E-state index in [0.717, 1.165) is 5.92 Å². The van der Waals surface area contributed by atoms with Gasteiger partial charge in [-0.2, -0.15) is 0 Å². The third-order valence-electron chi connectivity index (χ3n) is 6.28. The number of hydrogen-bond donors (Lipinski definition) is 2. The SMILES string of the molecule is CC12CC3CC(C)(C1)CC(C(NN)c1cccs1)(C3)C2. The van der Waals surface area contributed by atoms with Gasteiger partial charge in [0.2, 0.25) is 0 Å². The van der Waals surface area contributed by atoms with E-state index >= 15 is 0 Å². The smallest absolute Gasteiger partial charge is 0.0609 e. The number of hydrazine groups is 1. The molecule has 1 aromatic rings. The summed E-state index contributed by atoms with van der Waals surface area (Å²) in [5.41, 5.74) is 4.71. The number of nitrogens with one attached hydrogen (secondary N) is 1. The first-order valence-electron chi connectivity index (χ1n) is 7.96. The van der Waals surface area contributed by atoms with Gasteiger partial charge in [-0.15, -0.1) is 11.3 Å². The van der Waals surface area contributed by atoms with Gasteiger partial charge in [-0.3, -0.25) is 11.3 Å². The molecular formula is C17H26N2S. The van der Waals surface area contributed by atoms with Crippen LogP contribution in [0.3, 0.4) is 0 Å². The van der Waals surface area contributed by atoms with Gasteiger partial charge in [0.15, 0.2) is 0 Å². The minimum absolute atomic E-state index is 0.351. The fraction of sp³-hybridized carbons (Fsp3) is 0.765. The summed E-state index contributed by atoms with van der Waals surface area (Å²) in [6.07, 6.45) is 8.43. The van der Waals surface area contributed by atoms with Gasteiger partial charge in [-0.05, 0) is 72.1 Å². The Morgan fingerprint density at radius 2 is 1.90 bits per heavy atom. The lowest BCUT2D eigenvalue weighted by Crippen LogP contribution is -2.59. The first kappa shape index (κ1) is 13.3. The molecule has 0 spiro atoms. The van der Waals surface area contributed by atoms with E-state index in [1.165, 1.54) is 43.4 Å². The predicted molar refractivity (Wildman–Crippen MR) is 84.2 cm³/mol. The maximum absolute atomic E-state index is 6.03. The molecule has 3 heteroatoms. The first-order valence-corrected chi connectivity index (χ1v) is 8.84. The minimum Gasteiger partial charge on any atom is -0.271 e. The Labute approximate surface area is 126 Å². The molecular weight excluding hydrogens is 264 g/mol. The van der Waals surface area contributed by atoms with E-state index in [2.05, 4.69) is 36.8 Å². The second-order valence-electron chi connectivity index (χ2n) is 8.61. The summed E-state index contributed by atoms with van der Waals surface area (Å²) in [5, 5.41) is 2.18. The van der Waals surface area contributed by atoms with E-state index in [0.29, 0.717) is 22.3 Å². The fourth-order valence-electron chi connectivity index (χ4n) is 6.87. The Balaban J connectivity index is 1.76. The van der Waals surface area contributed by atoms with Crippen LogP contribution in [0.1, 0.15) is 63.3 Å². The average Bonchev–Trinajstić information content (AvgIpc) is 2.77. The fourth-order valence-corrected chi connectivity index (χ4v) is 7.80. The van der Waals surface area contributed by atoms with Crippen LogP contribution >= 0.6 is 11.3 Å². The standard InChI is InChI=1S/C17H26N2S/c1-15-6-12-7-16(2,9-15)11-17(8-12,10-15)14(19-18)13-4-3-5-20-13/h3-5,12,14,19H,6-11,18H2,1-2H3. The molecule has 4 fully saturated rings. The van der Waals surface area contributed by atoms with Crippen LogP contribution in [-0.4, -0.2) is 0 Å². The molecule has 0 radical (unpaired) electrons. The zero-order valence-electron chi connectivity index (χ0n) is 12.6. The van der Waals surface area contributed by atoms with Crippen molar-refractivity contribution in [2.45, 2.75) is 58.4 Å². The van der Waals surface area contributed by atoms with Crippen molar-refractivity contribution in [2.24, 2.45) is 28.0 Å². The highest BCUT2D eigenvalue weighted by atomic mass is 32.1. The molecule has 1 aromatic heterocycles. The van der Waals surface area contributed by atoms with E-state index < -0.39 is 0 Å². The summed E-state index contributed by atoms with van der Waals surface area (Å²) >= 11 is 1.86. The largest absolute Gasteiger partial charge is 0.271 e. The number of nitrogens with two attached hydrogens (primary N) is 1. The number of rotatable bonds is 3. The molecule has 3 N–H and O–H groups in total. The molecule has 2 nitrogen and oxygen atoms in total. The second kappa shape index (κ2) is 4.08. The summed E-state index contributed by atoms with van der Waals surface area (Å²) in [6, 6.07) is 4.77. The summed E-state index contributed by atoms with van der Waals surface area (Å²) < 4.78 is 0. The molecule has 110 valence electrons. The van der Waals surface area contributed by atoms with Gasteiger partial charge >= 0.3 is 0 Å². The van der Waals surface area contributed by atoms with Gasteiger partial charge in [0.1, 0.15) is 0 Å². The normalized spacial score (nSPS) is 47.6. The molecule has 0 saturated heterocycles. The molecule has 4 aliphatic rings. The molecule has 20 heavy (non-hydrogen) atoms. The Hall–Kier alpha value is -0.380. The molecule has 4 aliphatic carbocycles. The molecule has 3 unspecified atom stereocenters. The van der Waals surface area contributed by atoms with Gasteiger partial charge in [-0.1, -0.05) is 19.9 Å². The van der Waals surface area contributed by atoms with Gasteiger partial charge in [0.05, 0.1) is 6.04 Å². The van der Waals surface area contributed by atoms with Gasteiger partial charge in [0.25, 0.3) is 0 Å². The lowest BCUT2D eigenvalue weighted by atomic mass is 9.39. The number of thiophene rings is 1. The van der Waals surface area contributed by atoms with Crippen LogP contribution in [0, 0.1) is 22.2 Å². The third kappa shape index (κ3) is 1.83. The average molecular weight is 290 g/mol. The van der Waals surface area contributed by atoms with E-state index in [1.807, 2.05) is 11.3 Å². The molecule has 4 bridgehead atoms. The monoisotopic (exact) mass is 290 g/mol. The maximum atomic E-state index is 6.03. The second-order valence-corrected chi connectivity index (χ2v) is 9.59. The zero-order valence-corrected chi connectivity index (χ0v) is 13.4. The molecule has 0 amide bonds. The minimum atomic E-state index is 0.351. The highest BCUT2D eigenvalue weighted by Gasteiger charge is 2.62. The van der Waals surface area contributed by atoms with Crippen molar-refractivity contribution in [1.29, 1.82) is 0 Å². The molecule has 0 aromatic carbocycles. The van der Waals surface area contributed by atoms with Crippen LogP contribution in [0.4, 0.5) is 0 Å². The Kier molecular flexibility index (Phi) is 2.72. The van der Waals surface area contributed by atoms with E-state index in [9.17, 15) is 0 Å². The van der Waals surface area contributed by atoms with Crippen molar-refractivity contribution in [3.63, 3.8) is 0 Å². The lowest BCUT2D eigenvalue weighted by molar-refractivity contribution is -0.158. The lowest BCUT2D eigenvalue weighted by Gasteiger charge is -2.67. The van der Waals surface area contributed by atoms with Crippen LogP contribution < -0.4 is 11.3 Å². The van der Waals surface area contributed by atoms with Crippen LogP contribution in [0.25, 0.3) is 0 Å². The van der Waals surface area contributed by atoms with E-state index in [-0.39, 0.29) is 0 Å². The van der Waals surface area contributed by atoms with Crippen molar-refractivity contribution in [3.05, 3.63) is 22.4 Å². The Morgan fingerprint density at radius 1 is 1.20 bits per heavy atom. The van der Waals surface area contributed by atoms with Gasteiger partial charge in [-0.25, -0.2) is 0 Å². The van der Waals surface area contributed by atoms with Gasteiger partial charge in [0, 0.05) is 4.88 Å². The van der Waals surface area contributed by atoms with Crippen molar-refractivity contribution in [3.8, 4) is 0 Å². The van der Waals surface area contributed by atoms with Crippen LogP contribution in [-0.2, 0) is 0 Å².